The van der Waals surface area contributed by atoms with Gasteiger partial charge in [0.1, 0.15) is 18.4 Å². The van der Waals surface area contributed by atoms with E-state index in [4.69, 9.17) is 4.74 Å². The molecule has 0 aliphatic carbocycles. The Kier molecular flexibility index (Phi) is 8.22. The number of aliphatic carboxylic acids is 1. The van der Waals surface area contributed by atoms with Crippen LogP contribution in [0.15, 0.2) is 83.3 Å². The van der Waals surface area contributed by atoms with Crippen LogP contribution in [-0.2, 0) is 22.6 Å². The Morgan fingerprint density at radius 1 is 1.03 bits per heavy atom. The zero-order chi connectivity index (χ0) is 22.9. The molecule has 0 saturated heterocycles. The molecule has 32 heavy (non-hydrogen) atoms. The Labute approximate surface area is 195 Å². The molecule has 0 radical (unpaired) electrons. The van der Waals surface area contributed by atoms with Crippen LogP contribution < -0.4 is 10.1 Å². The van der Waals surface area contributed by atoms with Gasteiger partial charge in [-0.05, 0) is 42.3 Å². The Morgan fingerprint density at radius 3 is 2.44 bits per heavy atom. The smallest absolute Gasteiger partial charge is 0.326 e. The largest absolute Gasteiger partial charge is 0.488 e. The van der Waals surface area contributed by atoms with Crippen molar-refractivity contribution in [1.29, 1.82) is 0 Å². The SMILES string of the molecule is Cc1ccc(COc2ccc(Br)cc2/C=C/C(=O)NC(Cc2ccccc2)C(=O)O)cc1. The van der Waals surface area contributed by atoms with Crippen molar-refractivity contribution in [2.24, 2.45) is 0 Å². The molecule has 3 aromatic carbocycles. The third kappa shape index (κ3) is 7.10. The zero-order valence-corrected chi connectivity index (χ0v) is 19.2. The number of ether oxygens (including phenoxy) is 1. The van der Waals surface area contributed by atoms with Crippen molar-refractivity contribution < 1.29 is 19.4 Å². The summed E-state index contributed by atoms with van der Waals surface area (Å²) in [5, 5.41) is 12.0. The quantitative estimate of drug-likeness (QED) is 0.403. The third-order valence-corrected chi connectivity index (χ3v) is 5.29. The summed E-state index contributed by atoms with van der Waals surface area (Å²) in [4.78, 5) is 24.0. The van der Waals surface area contributed by atoms with E-state index in [1.54, 1.807) is 6.08 Å². The second-order valence-electron chi connectivity index (χ2n) is 7.38. The van der Waals surface area contributed by atoms with Crippen molar-refractivity contribution in [2.45, 2.75) is 26.0 Å². The number of benzene rings is 3. The molecule has 0 aliphatic rings. The predicted octanol–water partition coefficient (Wildman–Crippen LogP) is 5.16. The number of amides is 1. The molecule has 0 heterocycles. The first-order chi connectivity index (χ1) is 15.4. The molecule has 0 aromatic heterocycles. The number of carbonyl (C=O) groups is 2. The molecule has 6 heteroatoms. The number of hydrogen-bond donors (Lipinski definition) is 2. The second-order valence-corrected chi connectivity index (χ2v) is 8.29. The molecule has 0 bridgehead atoms. The lowest BCUT2D eigenvalue weighted by molar-refractivity contribution is -0.141. The molecule has 1 unspecified atom stereocenters. The van der Waals surface area contributed by atoms with E-state index in [1.165, 1.54) is 11.6 Å². The van der Waals surface area contributed by atoms with E-state index in [0.29, 0.717) is 17.9 Å². The van der Waals surface area contributed by atoms with Gasteiger partial charge in [-0.15, -0.1) is 0 Å². The number of hydrogen-bond acceptors (Lipinski definition) is 3. The maximum atomic E-state index is 12.4. The first-order valence-electron chi connectivity index (χ1n) is 10.1. The van der Waals surface area contributed by atoms with E-state index < -0.39 is 17.9 Å². The average molecular weight is 494 g/mol. The molecular weight excluding hydrogens is 470 g/mol. The van der Waals surface area contributed by atoms with Gasteiger partial charge in [-0.25, -0.2) is 4.79 Å². The molecule has 164 valence electrons. The normalized spacial score (nSPS) is 11.8. The van der Waals surface area contributed by atoms with Crippen molar-refractivity contribution in [2.75, 3.05) is 0 Å². The average Bonchev–Trinajstić information content (AvgIpc) is 2.78. The minimum Gasteiger partial charge on any atom is -0.488 e. The van der Waals surface area contributed by atoms with E-state index in [-0.39, 0.29) is 6.42 Å². The van der Waals surface area contributed by atoms with E-state index in [9.17, 15) is 14.7 Å². The maximum absolute atomic E-state index is 12.4. The monoisotopic (exact) mass is 493 g/mol. The van der Waals surface area contributed by atoms with Crippen molar-refractivity contribution in [3.63, 3.8) is 0 Å². The summed E-state index contributed by atoms with van der Waals surface area (Å²) in [5.41, 5.74) is 3.76. The van der Waals surface area contributed by atoms with Crippen LogP contribution in [0.1, 0.15) is 22.3 Å². The molecule has 0 saturated carbocycles. The number of aryl methyl sites for hydroxylation is 1. The number of halogens is 1. The van der Waals surface area contributed by atoms with E-state index in [0.717, 1.165) is 15.6 Å². The molecular formula is C26H24BrNO4. The van der Waals surface area contributed by atoms with Gasteiger partial charge >= 0.3 is 5.97 Å². The summed E-state index contributed by atoms with van der Waals surface area (Å²) < 4.78 is 6.79. The fourth-order valence-electron chi connectivity index (χ4n) is 3.06. The Bertz CT molecular complexity index is 1090. The maximum Gasteiger partial charge on any atom is 0.326 e. The summed E-state index contributed by atoms with van der Waals surface area (Å²) in [6.07, 6.45) is 3.14. The molecule has 3 rings (SSSR count). The van der Waals surface area contributed by atoms with Crippen LogP contribution in [0.4, 0.5) is 0 Å². The van der Waals surface area contributed by atoms with Crippen molar-refractivity contribution in [3.05, 3.63) is 106 Å². The number of carboxylic acids is 1. The summed E-state index contributed by atoms with van der Waals surface area (Å²) in [6, 6.07) is 21.8. The second kappa shape index (κ2) is 11.3. The van der Waals surface area contributed by atoms with Crippen LogP contribution in [0.5, 0.6) is 5.75 Å². The summed E-state index contributed by atoms with van der Waals surface area (Å²) in [6.45, 7) is 2.43. The van der Waals surface area contributed by atoms with Crippen LogP contribution in [0.25, 0.3) is 6.08 Å². The van der Waals surface area contributed by atoms with E-state index in [1.807, 2.05) is 79.7 Å². The number of carboxylic acid groups (broad SMARTS) is 1. The standard InChI is InChI=1S/C26H24BrNO4/c1-18-7-9-20(10-8-18)17-32-24-13-12-22(27)16-21(24)11-14-25(29)28-23(26(30)31)15-19-5-3-2-4-6-19/h2-14,16,23H,15,17H2,1H3,(H,28,29)(H,30,31)/b14-11+. The minimum absolute atomic E-state index is 0.206. The van der Waals surface area contributed by atoms with Crippen molar-refractivity contribution in [3.8, 4) is 5.75 Å². The third-order valence-electron chi connectivity index (χ3n) is 4.80. The van der Waals surface area contributed by atoms with Crippen LogP contribution in [0.2, 0.25) is 0 Å². The first-order valence-corrected chi connectivity index (χ1v) is 10.9. The molecule has 0 fully saturated rings. The van der Waals surface area contributed by atoms with E-state index >= 15 is 0 Å². The lowest BCUT2D eigenvalue weighted by Gasteiger charge is -2.13. The van der Waals surface area contributed by atoms with Gasteiger partial charge in [-0.2, -0.15) is 0 Å². The minimum atomic E-state index is -1.08. The number of carbonyl (C=O) groups excluding carboxylic acids is 1. The molecule has 0 spiro atoms. The topological polar surface area (TPSA) is 75.6 Å². The Hall–Kier alpha value is -3.38. The molecule has 3 aromatic rings. The lowest BCUT2D eigenvalue weighted by Crippen LogP contribution is -2.41. The summed E-state index contributed by atoms with van der Waals surface area (Å²) in [7, 11) is 0. The van der Waals surface area contributed by atoms with Gasteiger partial charge in [0.25, 0.3) is 0 Å². The fourth-order valence-corrected chi connectivity index (χ4v) is 3.44. The van der Waals surface area contributed by atoms with Gasteiger partial charge in [0.15, 0.2) is 0 Å². The summed E-state index contributed by atoms with van der Waals surface area (Å²) >= 11 is 3.44. The molecule has 5 nitrogen and oxygen atoms in total. The van der Waals surface area contributed by atoms with E-state index in [2.05, 4.69) is 21.2 Å². The van der Waals surface area contributed by atoms with Gasteiger partial charge in [0.2, 0.25) is 5.91 Å². The van der Waals surface area contributed by atoms with Gasteiger partial charge in [0.05, 0.1) is 0 Å². The predicted molar refractivity (Wildman–Crippen MR) is 128 cm³/mol. The molecule has 2 N–H and O–H groups in total. The first kappa shape index (κ1) is 23.3. The van der Waals surface area contributed by atoms with Gasteiger partial charge < -0.3 is 15.2 Å². The molecule has 1 amide bonds. The molecule has 1 atom stereocenters. The van der Waals surface area contributed by atoms with Crippen molar-refractivity contribution in [1.82, 2.24) is 5.32 Å². The lowest BCUT2D eigenvalue weighted by atomic mass is 10.1. The highest BCUT2D eigenvalue weighted by Crippen LogP contribution is 2.25. The number of nitrogens with one attached hydrogen (secondary N) is 1. The highest BCUT2D eigenvalue weighted by Gasteiger charge is 2.19. The highest BCUT2D eigenvalue weighted by atomic mass is 79.9. The van der Waals surface area contributed by atoms with Gasteiger partial charge in [-0.3, -0.25) is 4.79 Å². The van der Waals surface area contributed by atoms with Crippen molar-refractivity contribution >= 4 is 33.9 Å². The van der Waals surface area contributed by atoms with Crippen LogP contribution in [0.3, 0.4) is 0 Å². The highest BCUT2D eigenvalue weighted by molar-refractivity contribution is 9.10. The Morgan fingerprint density at radius 2 is 1.75 bits per heavy atom. The van der Waals surface area contributed by atoms with Crippen LogP contribution in [-0.4, -0.2) is 23.0 Å². The Balaban J connectivity index is 1.67. The van der Waals surface area contributed by atoms with Crippen LogP contribution >= 0.6 is 15.9 Å². The number of rotatable bonds is 9. The molecule has 0 aliphatic heterocycles. The zero-order valence-electron chi connectivity index (χ0n) is 17.6. The van der Waals surface area contributed by atoms with Gasteiger partial charge in [-0.1, -0.05) is 76.1 Å². The van der Waals surface area contributed by atoms with Crippen LogP contribution in [0, 0.1) is 6.92 Å². The van der Waals surface area contributed by atoms with Gasteiger partial charge in [0, 0.05) is 22.5 Å². The fraction of sp³-hybridized carbons (Fsp3) is 0.154. The summed E-state index contributed by atoms with van der Waals surface area (Å²) in [5.74, 6) is -0.949.